The molecule has 0 saturated heterocycles. The summed E-state index contributed by atoms with van der Waals surface area (Å²) in [5.74, 6) is -0.199. The molecule has 0 aliphatic heterocycles. The van der Waals surface area contributed by atoms with E-state index in [0.717, 1.165) is 21.5 Å². The minimum Gasteiger partial charge on any atom is -0.397 e. The molecule has 0 aliphatic rings. The van der Waals surface area contributed by atoms with E-state index < -0.39 is 0 Å². The SMILES string of the molecule is Cc1cc(C)n2nc(-c3c(Nc4ccccc4)sc(C(=O)c4ccc(Br)cc4)c3N)c(C#N)c2n1. The second-order valence-corrected chi connectivity index (χ2v) is 9.92. The number of hydrogen-bond acceptors (Lipinski definition) is 7. The average Bonchev–Trinajstić information content (AvgIpc) is 3.36. The predicted molar refractivity (Wildman–Crippen MR) is 142 cm³/mol. The summed E-state index contributed by atoms with van der Waals surface area (Å²) in [5, 5.41) is 18.8. The number of carbonyl (C=O) groups excluding carboxylic acids is 1. The Balaban J connectivity index is 1.75. The minimum absolute atomic E-state index is 0.199. The third-order valence-corrected chi connectivity index (χ3v) is 7.18. The van der Waals surface area contributed by atoms with E-state index in [9.17, 15) is 10.1 Å². The van der Waals surface area contributed by atoms with Crippen LogP contribution in [0.4, 0.5) is 16.4 Å². The van der Waals surface area contributed by atoms with Crippen LogP contribution in [0, 0.1) is 25.2 Å². The number of thiophene rings is 1. The summed E-state index contributed by atoms with van der Waals surface area (Å²) in [7, 11) is 0. The van der Waals surface area contributed by atoms with Crippen LogP contribution in [-0.2, 0) is 0 Å². The van der Waals surface area contributed by atoms with Crippen LogP contribution in [0.25, 0.3) is 16.9 Å². The quantitative estimate of drug-likeness (QED) is 0.253. The molecule has 0 saturated carbocycles. The van der Waals surface area contributed by atoms with E-state index in [1.54, 1.807) is 16.6 Å². The molecule has 3 aromatic heterocycles. The number of anilines is 3. The average molecular weight is 543 g/mol. The number of nitrogens with two attached hydrogens (primary N) is 1. The van der Waals surface area contributed by atoms with E-state index in [2.05, 4.69) is 32.3 Å². The lowest BCUT2D eigenvalue weighted by Gasteiger charge is -2.06. The van der Waals surface area contributed by atoms with Gasteiger partial charge in [-0.25, -0.2) is 9.50 Å². The molecule has 7 nitrogen and oxygen atoms in total. The van der Waals surface area contributed by atoms with Gasteiger partial charge in [-0.3, -0.25) is 4.79 Å². The number of nitrogens with one attached hydrogen (secondary N) is 1. The molecule has 35 heavy (non-hydrogen) atoms. The molecule has 0 unspecified atom stereocenters. The van der Waals surface area contributed by atoms with Gasteiger partial charge in [-0.2, -0.15) is 10.4 Å². The molecule has 5 rings (SSSR count). The summed E-state index contributed by atoms with van der Waals surface area (Å²) in [4.78, 5) is 18.4. The number of aromatic nitrogens is 3. The molecule has 0 bridgehead atoms. The normalized spacial score (nSPS) is 10.9. The smallest absolute Gasteiger partial charge is 0.205 e. The largest absolute Gasteiger partial charge is 0.397 e. The molecular formula is C26H19BrN6OS. The van der Waals surface area contributed by atoms with E-state index in [0.29, 0.717) is 37.9 Å². The first-order valence-electron chi connectivity index (χ1n) is 10.7. The zero-order chi connectivity index (χ0) is 24.7. The lowest BCUT2D eigenvalue weighted by atomic mass is 10.0. The van der Waals surface area contributed by atoms with E-state index in [1.807, 2.05) is 62.4 Å². The van der Waals surface area contributed by atoms with Crippen molar-refractivity contribution in [3.8, 4) is 17.3 Å². The number of hydrogen-bond donors (Lipinski definition) is 2. The number of aryl methyl sites for hydroxylation is 2. The Morgan fingerprint density at radius 3 is 2.54 bits per heavy atom. The first kappa shape index (κ1) is 22.8. The van der Waals surface area contributed by atoms with Gasteiger partial charge in [0.1, 0.15) is 27.2 Å². The lowest BCUT2D eigenvalue weighted by molar-refractivity contribution is 0.104. The molecule has 2 aromatic carbocycles. The van der Waals surface area contributed by atoms with E-state index in [1.165, 1.54) is 11.3 Å². The number of nitrogen functional groups attached to an aromatic ring is 1. The molecule has 3 heterocycles. The molecule has 0 fully saturated rings. The van der Waals surface area contributed by atoms with E-state index in [4.69, 9.17) is 10.8 Å². The second kappa shape index (κ2) is 8.98. The van der Waals surface area contributed by atoms with Crippen molar-refractivity contribution in [2.45, 2.75) is 13.8 Å². The first-order chi connectivity index (χ1) is 16.9. The summed E-state index contributed by atoms with van der Waals surface area (Å²) in [6.07, 6.45) is 0. The highest BCUT2D eigenvalue weighted by atomic mass is 79.9. The van der Waals surface area contributed by atoms with Gasteiger partial charge >= 0.3 is 0 Å². The number of fused-ring (bicyclic) bond motifs is 1. The number of carbonyl (C=O) groups is 1. The number of ketones is 1. The van der Waals surface area contributed by atoms with Gasteiger partial charge < -0.3 is 11.1 Å². The van der Waals surface area contributed by atoms with Crippen LogP contribution in [0.5, 0.6) is 0 Å². The van der Waals surface area contributed by atoms with Crippen molar-refractivity contribution in [3.05, 3.63) is 92.5 Å². The van der Waals surface area contributed by atoms with Crippen molar-refractivity contribution in [2.24, 2.45) is 0 Å². The molecule has 3 N–H and O–H groups in total. The highest BCUT2D eigenvalue weighted by Crippen LogP contribution is 2.46. The Morgan fingerprint density at radius 1 is 1.14 bits per heavy atom. The highest BCUT2D eigenvalue weighted by Gasteiger charge is 2.28. The molecular weight excluding hydrogens is 524 g/mol. The molecule has 0 atom stereocenters. The number of halogens is 1. The fourth-order valence-electron chi connectivity index (χ4n) is 3.92. The van der Waals surface area contributed by atoms with Gasteiger partial charge in [-0.1, -0.05) is 34.1 Å². The van der Waals surface area contributed by atoms with Crippen molar-refractivity contribution in [2.75, 3.05) is 11.1 Å². The Kier molecular flexibility index (Phi) is 5.84. The van der Waals surface area contributed by atoms with Crippen LogP contribution in [0.15, 0.2) is 65.1 Å². The summed E-state index contributed by atoms with van der Waals surface area (Å²) >= 11 is 4.64. The van der Waals surface area contributed by atoms with Crippen molar-refractivity contribution >= 4 is 55.1 Å². The van der Waals surface area contributed by atoms with E-state index >= 15 is 0 Å². The van der Waals surface area contributed by atoms with Crippen LogP contribution < -0.4 is 11.1 Å². The fourth-order valence-corrected chi connectivity index (χ4v) is 5.29. The Labute approximate surface area is 214 Å². The number of benzene rings is 2. The van der Waals surface area contributed by atoms with Crippen molar-refractivity contribution < 1.29 is 4.79 Å². The van der Waals surface area contributed by atoms with E-state index in [-0.39, 0.29) is 11.5 Å². The number of nitrogens with zero attached hydrogens (tertiary/aromatic N) is 4. The third-order valence-electron chi connectivity index (χ3n) is 5.53. The van der Waals surface area contributed by atoms with Crippen LogP contribution >= 0.6 is 27.3 Å². The monoisotopic (exact) mass is 542 g/mol. The first-order valence-corrected chi connectivity index (χ1v) is 12.3. The minimum atomic E-state index is -0.199. The number of rotatable bonds is 5. The topological polar surface area (TPSA) is 109 Å². The van der Waals surface area contributed by atoms with Crippen molar-refractivity contribution in [1.29, 1.82) is 5.26 Å². The van der Waals surface area contributed by atoms with Crippen LogP contribution in [0.2, 0.25) is 0 Å². The zero-order valence-corrected chi connectivity index (χ0v) is 21.2. The van der Waals surface area contributed by atoms with Crippen LogP contribution in [0.3, 0.4) is 0 Å². The van der Waals surface area contributed by atoms with Gasteiger partial charge in [0.2, 0.25) is 5.78 Å². The summed E-state index contributed by atoms with van der Waals surface area (Å²) < 4.78 is 2.52. The summed E-state index contributed by atoms with van der Waals surface area (Å²) in [6, 6.07) is 20.8. The van der Waals surface area contributed by atoms with Gasteiger partial charge in [0.15, 0.2) is 5.65 Å². The van der Waals surface area contributed by atoms with Gasteiger partial charge in [0.05, 0.1) is 11.3 Å². The second-order valence-electron chi connectivity index (χ2n) is 7.99. The van der Waals surface area contributed by atoms with Gasteiger partial charge in [0, 0.05) is 27.1 Å². The molecule has 0 aliphatic carbocycles. The molecule has 172 valence electrons. The van der Waals surface area contributed by atoms with Crippen LogP contribution in [0.1, 0.15) is 32.2 Å². The molecule has 5 aromatic rings. The summed E-state index contributed by atoms with van der Waals surface area (Å²) in [6.45, 7) is 3.78. The molecule has 0 spiro atoms. The zero-order valence-electron chi connectivity index (χ0n) is 18.8. The van der Waals surface area contributed by atoms with Gasteiger partial charge in [-0.05, 0) is 56.3 Å². The lowest BCUT2D eigenvalue weighted by Crippen LogP contribution is -2.02. The Morgan fingerprint density at radius 2 is 1.86 bits per heavy atom. The van der Waals surface area contributed by atoms with Crippen LogP contribution in [-0.4, -0.2) is 20.4 Å². The maximum atomic E-state index is 13.4. The van der Waals surface area contributed by atoms with Crippen molar-refractivity contribution in [3.63, 3.8) is 0 Å². The Hall–Kier alpha value is -4.00. The maximum absolute atomic E-state index is 13.4. The summed E-state index contributed by atoms with van der Waals surface area (Å²) in [5.41, 5.74) is 11.5. The molecule has 9 heteroatoms. The maximum Gasteiger partial charge on any atom is 0.205 e. The number of nitriles is 1. The van der Waals surface area contributed by atoms with Gasteiger partial charge in [-0.15, -0.1) is 11.3 Å². The van der Waals surface area contributed by atoms with Gasteiger partial charge in [0.25, 0.3) is 0 Å². The number of para-hydroxylation sites is 1. The Bertz CT molecular complexity index is 1630. The standard InChI is InChI=1S/C26H19BrN6OS/c1-14-12-15(2)33-25(30-14)19(13-28)22(32-33)20-21(29)24(23(34)16-8-10-17(27)11-9-16)35-26(20)31-18-6-4-3-5-7-18/h3-12,31H,29H2,1-2H3. The predicted octanol–water partition coefficient (Wildman–Crippen LogP) is 6.27. The third kappa shape index (κ3) is 4.07. The fraction of sp³-hybridized carbons (Fsp3) is 0.0769. The molecule has 0 amide bonds. The van der Waals surface area contributed by atoms with Crippen molar-refractivity contribution in [1.82, 2.24) is 14.6 Å². The highest BCUT2D eigenvalue weighted by molar-refractivity contribution is 9.10. The molecule has 0 radical (unpaired) electrons.